The van der Waals surface area contributed by atoms with Gasteiger partial charge in [0.05, 0.1) is 0 Å². The summed E-state index contributed by atoms with van der Waals surface area (Å²) in [6.45, 7) is 5.51. The second-order valence-electron chi connectivity index (χ2n) is 5.91. The molecular formula is C18H27N5O3. The normalized spacial score (nSPS) is 14.1. The number of nitrogens with one attached hydrogen (secondary N) is 1. The van der Waals surface area contributed by atoms with Crippen molar-refractivity contribution in [2.45, 2.75) is 0 Å². The summed E-state index contributed by atoms with van der Waals surface area (Å²) in [6.07, 6.45) is 3.66. The molecular weight excluding hydrogens is 334 g/mol. The van der Waals surface area contributed by atoms with Gasteiger partial charge in [0.2, 0.25) is 0 Å². The predicted molar refractivity (Wildman–Crippen MR) is 103 cm³/mol. The molecule has 7 N–H and O–H groups in total. The van der Waals surface area contributed by atoms with Crippen LogP contribution in [-0.2, 0) is 0 Å². The number of carbonyl (C=O) groups excluding carboxylic acids is 1. The Morgan fingerprint density at radius 2 is 1.62 bits per heavy atom. The lowest BCUT2D eigenvalue weighted by Crippen LogP contribution is -2.48. The number of rotatable bonds is 5. The summed E-state index contributed by atoms with van der Waals surface area (Å²) in [5, 5.41) is 2.97. The highest BCUT2D eigenvalue weighted by Gasteiger charge is 2.17. The zero-order valence-corrected chi connectivity index (χ0v) is 14.7. The molecule has 1 amide bonds. The van der Waals surface area contributed by atoms with Crippen LogP contribution in [0.15, 0.2) is 48.8 Å². The molecule has 142 valence electrons. The molecule has 0 aliphatic carbocycles. The minimum absolute atomic E-state index is 0. The fourth-order valence-corrected chi connectivity index (χ4v) is 2.85. The first kappa shape index (κ1) is 21.4. The van der Waals surface area contributed by atoms with Crippen molar-refractivity contribution in [3.05, 3.63) is 54.4 Å². The molecule has 8 heteroatoms. The number of amides is 1. The van der Waals surface area contributed by atoms with Crippen LogP contribution in [0.25, 0.3) is 0 Å². The molecule has 0 saturated carbocycles. The van der Waals surface area contributed by atoms with E-state index in [1.165, 1.54) is 5.69 Å². The average molecular weight is 361 g/mol. The van der Waals surface area contributed by atoms with Crippen molar-refractivity contribution in [2.75, 3.05) is 49.9 Å². The van der Waals surface area contributed by atoms with Crippen molar-refractivity contribution >= 4 is 17.3 Å². The van der Waals surface area contributed by atoms with Gasteiger partial charge >= 0.3 is 0 Å². The van der Waals surface area contributed by atoms with Crippen LogP contribution in [0.3, 0.4) is 0 Å². The lowest BCUT2D eigenvalue weighted by atomic mass is 10.2. The minimum Gasteiger partial charge on any atom is -0.412 e. The molecule has 0 unspecified atom stereocenters. The summed E-state index contributed by atoms with van der Waals surface area (Å²) >= 11 is 0. The van der Waals surface area contributed by atoms with Crippen LogP contribution in [0.5, 0.6) is 0 Å². The third-order valence-corrected chi connectivity index (χ3v) is 4.29. The third kappa shape index (κ3) is 5.69. The summed E-state index contributed by atoms with van der Waals surface area (Å²) in [7, 11) is 0. The van der Waals surface area contributed by atoms with E-state index in [1.807, 2.05) is 24.5 Å². The molecule has 0 atom stereocenters. The minimum atomic E-state index is -0.0505. The van der Waals surface area contributed by atoms with Gasteiger partial charge in [-0.25, -0.2) is 0 Å². The van der Waals surface area contributed by atoms with E-state index in [2.05, 4.69) is 20.1 Å². The van der Waals surface area contributed by atoms with E-state index in [4.69, 9.17) is 5.73 Å². The highest BCUT2D eigenvalue weighted by Crippen LogP contribution is 2.14. The lowest BCUT2D eigenvalue weighted by Gasteiger charge is -2.36. The molecule has 26 heavy (non-hydrogen) atoms. The van der Waals surface area contributed by atoms with E-state index in [1.54, 1.807) is 24.3 Å². The van der Waals surface area contributed by atoms with Crippen molar-refractivity contribution in [3.8, 4) is 0 Å². The van der Waals surface area contributed by atoms with E-state index >= 15 is 0 Å². The zero-order chi connectivity index (χ0) is 16.8. The smallest absolute Gasteiger partial charge is 0.251 e. The summed E-state index contributed by atoms with van der Waals surface area (Å²) in [5.74, 6) is -0.0505. The molecule has 1 aromatic heterocycles. The van der Waals surface area contributed by atoms with Crippen LogP contribution in [0, 0.1) is 0 Å². The molecule has 0 spiro atoms. The zero-order valence-electron chi connectivity index (χ0n) is 14.7. The third-order valence-electron chi connectivity index (χ3n) is 4.29. The Labute approximate surface area is 153 Å². The maximum absolute atomic E-state index is 12.1. The molecule has 1 aliphatic rings. The van der Waals surface area contributed by atoms with Gasteiger partial charge in [-0.1, -0.05) is 0 Å². The van der Waals surface area contributed by atoms with Crippen molar-refractivity contribution in [1.29, 1.82) is 0 Å². The van der Waals surface area contributed by atoms with E-state index in [-0.39, 0.29) is 16.9 Å². The summed E-state index contributed by atoms with van der Waals surface area (Å²) in [6, 6.07) is 11.1. The second-order valence-corrected chi connectivity index (χ2v) is 5.91. The molecule has 2 aromatic rings. The summed E-state index contributed by atoms with van der Waals surface area (Å²) in [5.41, 5.74) is 8.17. The number of aromatic nitrogens is 1. The van der Waals surface area contributed by atoms with Crippen LogP contribution in [0.2, 0.25) is 0 Å². The Hall–Kier alpha value is -2.68. The topological polar surface area (TPSA) is 137 Å². The molecule has 2 heterocycles. The van der Waals surface area contributed by atoms with Gasteiger partial charge in [0, 0.05) is 68.6 Å². The molecule has 0 bridgehead atoms. The van der Waals surface area contributed by atoms with Gasteiger partial charge in [-0.3, -0.25) is 14.7 Å². The van der Waals surface area contributed by atoms with Gasteiger partial charge in [0.15, 0.2) is 0 Å². The number of benzene rings is 1. The van der Waals surface area contributed by atoms with E-state index in [0.717, 1.165) is 32.7 Å². The largest absolute Gasteiger partial charge is 0.412 e. The van der Waals surface area contributed by atoms with Gasteiger partial charge in [-0.05, 0) is 36.4 Å². The van der Waals surface area contributed by atoms with Gasteiger partial charge < -0.3 is 26.9 Å². The fraction of sp³-hybridized carbons (Fsp3) is 0.333. The summed E-state index contributed by atoms with van der Waals surface area (Å²) < 4.78 is 0. The number of hydrogen-bond donors (Lipinski definition) is 2. The first-order valence-corrected chi connectivity index (χ1v) is 8.23. The molecule has 1 saturated heterocycles. The monoisotopic (exact) mass is 361 g/mol. The maximum atomic E-state index is 12.1. The number of pyridine rings is 1. The Morgan fingerprint density at radius 3 is 2.23 bits per heavy atom. The van der Waals surface area contributed by atoms with Gasteiger partial charge in [-0.2, -0.15) is 0 Å². The van der Waals surface area contributed by atoms with Crippen molar-refractivity contribution in [3.63, 3.8) is 0 Å². The highest BCUT2D eigenvalue weighted by molar-refractivity contribution is 5.94. The molecule has 3 rings (SSSR count). The summed E-state index contributed by atoms with van der Waals surface area (Å²) in [4.78, 5) is 20.8. The lowest BCUT2D eigenvalue weighted by molar-refractivity contribution is 0.0948. The van der Waals surface area contributed by atoms with Crippen molar-refractivity contribution in [2.24, 2.45) is 0 Å². The SMILES string of the molecule is Nc1ccc(C(=O)NCCN2CCN(c3ccncc3)CC2)cc1.O.O. The van der Waals surface area contributed by atoms with E-state index < -0.39 is 0 Å². The number of nitrogens with zero attached hydrogens (tertiary/aromatic N) is 3. The highest BCUT2D eigenvalue weighted by atomic mass is 16.1. The molecule has 0 radical (unpaired) electrons. The van der Waals surface area contributed by atoms with Crippen LogP contribution < -0.4 is 16.0 Å². The van der Waals surface area contributed by atoms with Crippen LogP contribution >= 0.6 is 0 Å². The number of hydrogen-bond acceptors (Lipinski definition) is 5. The number of anilines is 2. The number of carbonyl (C=O) groups is 1. The Bertz CT molecular complexity index is 658. The Morgan fingerprint density at radius 1 is 1.00 bits per heavy atom. The van der Waals surface area contributed by atoms with Crippen LogP contribution in [-0.4, -0.2) is 66.0 Å². The van der Waals surface area contributed by atoms with Crippen molar-refractivity contribution in [1.82, 2.24) is 15.2 Å². The Kier molecular flexibility index (Phi) is 8.50. The average Bonchev–Trinajstić information content (AvgIpc) is 2.63. The molecule has 1 aromatic carbocycles. The standard InChI is InChI=1S/C18H23N5O.2H2O/c19-16-3-1-15(2-4-16)18(24)21-9-10-22-11-13-23(14-12-22)17-5-7-20-8-6-17;;/h1-8H,9-14,19H2,(H,21,24);2*1H2. The molecule has 8 nitrogen and oxygen atoms in total. The molecule has 1 fully saturated rings. The van der Waals surface area contributed by atoms with Crippen LogP contribution in [0.1, 0.15) is 10.4 Å². The quantitative estimate of drug-likeness (QED) is 0.696. The number of piperazine rings is 1. The number of nitrogens with two attached hydrogens (primary N) is 1. The predicted octanol–water partition coefficient (Wildman–Crippen LogP) is -0.434. The second kappa shape index (κ2) is 10.3. The van der Waals surface area contributed by atoms with Gasteiger partial charge in [0.25, 0.3) is 5.91 Å². The fourth-order valence-electron chi connectivity index (χ4n) is 2.85. The first-order chi connectivity index (χ1) is 11.7. The van der Waals surface area contributed by atoms with E-state index in [9.17, 15) is 4.79 Å². The van der Waals surface area contributed by atoms with Gasteiger partial charge in [0.1, 0.15) is 0 Å². The molecule has 1 aliphatic heterocycles. The van der Waals surface area contributed by atoms with Gasteiger partial charge in [-0.15, -0.1) is 0 Å². The van der Waals surface area contributed by atoms with E-state index in [0.29, 0.717) is 17.8 Å². The van der Waals surface area contributed by atoms with Crippen LogP contribution in [0.4, 0.5) is 11.4 Å². The number of nitrogen functional groups attached to an aromatic ring is 1. The first-order valence-electron chi connectivity index (χ1n) is 8.23. The van der Waals surface area contributed by atoms with Crippen molar-refractivity contribution < 1.29 is 15.7 Å². The Balaban J connectivity index is 0.00000169. The maximum Gasteiger partial charge on any atom is 0.251 e.